The van der Waals surface area contributed by atoms with Gasteiger partial charge in [-0.15, -0.1) is 0 Å². The van der Waals surface area contributed by atoms with Crippen LogP contribution in [0.15, 0.2) is 48.7 Å². The number of hydrogen-bond donors (Lipinski definition) is 1. The van der Waals surface area contributed by atoms with Crippen LogP contribution in [0.4, 0.5) is 0 Å². The zero-order valence-electron chi connectivity index (χ0n) is 17.6. The number of primary amides is 1. The first-order valence-corrected chi connectivity index (χ1v) is 10.7. The van der Waals surface area contributed by atoms with Gasteiger partial charge in [0.15, 0.2) is 0 Å². The summed E-state index contributed by atoms with van der Waals surface area (Å²) in [7, 11) is 1.69. The first-order chi connectivity index (χ1) is 14.1. The van der Waals surface area contributed by atoms with Gasteiger partial charge in [0.2, 0.25) is 5.91 Å². The Labute approximate surface area is 173 Å². The number of aromatic nitrogens is 1. The Bertz CT molecular complexity index is 959. The van der Waals surface area contributed by atoms with Crippen molar-refractivity contribution in [1.82, 2.24) is 4.57 Å². The molecular formula is C25H32N2O2. The molecule has 0 saturated heterocycles. The minimum absolute atomic E-state index is 0.259. The molecule has 29 heavy (non-hydrogen) atoms. The molecule has 0 unspecified atom stereocenters. The molecule has 0 radical (unpaired) electrons. The van der Waals surface area contributed by atoms with Crippen molar-refractivity contribution in [2.75, 3.05) is 7.11 Å². The van der Waals surface area contributed by atoms with Gasteiger partial charge in [-0.3, -0.25) is 4.79 Å². The third-order valence-electron chi connectivity index (χ3n) is 5.50. The summed E-state index contributed by atoms with van der Waals surface area (Å²) in [4.78, 5) is 11.6. The lowest BCUT2D eigenvalue weighted by atomic mass is 10.0. The van der Waals surface area contributed by atoms with E-state index in [4.69, 9.17) is 10.5 Å². The zero-order valence-corrected chi connectivity index (χ0v) is 17.6. The van der Waals surface area contributed by atoms with Gasteiger partial charge in [-0.1, -0.05) is 63.3 Å². The molecule has 0 spiro atoms. The van der Waals surface area contributed by atoms with E-state index >= 15 is 0 Å². The molecule has 0 fully saturated rings. The lowest BCUT2D eigenvalue weighted by Gasteiger charge is -2.10. The van der Waals surface area contributed by atoms with E-state index in [9.17, 15) is 4.79 Å². The van der Waals surface area contributed by atoms with E-state index in [1.54, 1.807) is 7.11 Å². The van der Waals surface area contributed by atoms with Crippen molar-refractivity contribution in [3.05, 3.63) is 54.2 Å². The summed E-state index contributed by atoms with van der Waals surface area (Å²) in [6.45, 7) is 3.21. The zero-order chi connectivity index (χ0) is 20.6. The Balaban J connectivity index is 1.88. The molecule has 2 aromatic carbocycles. The van der Waals surface area contributed by atoms with Crippen LogP contribution in [0.5, 0.6) is 5.75 Å². The number of hydrogen-bond acceptors (Lipinski definition) is 2. The number of rotatable bonds is 11. The van der Waals surface area contributed by atoms with Crippen LogP contribution in [0.3, 0.4) is 0 Å². The lowest BCUT2D eigenvalue weighted by molar-refractivity contribution is -0.117. The Morgan fingerprint density at radius 3 is 2.55 bits per heavy atom. The Hall–Kier alpha value is -2.75. The van der Waals surface area contributed by atoms with Gasteiger partial charge in [0, 0.05) is 29.2 Å². The van der Waals surface area contributed by atoms with Crippen molar-refractivity contribution in [2.24, 2.45) is 5.73 Å². The van der Waals surface area contributed by atoms with Crippen LogP contribution in [-0.2, 0) is 17.8 Å². The number of carbonyl (C=O) groups excluding carboxylic acids is 1. The first-order valence-electron chi connectivity index (χ1n) is 10.7. The average Bonchev–Trinajstić information content (AvgIpc) is 3.06. The van der Waals surface area contributed by atoms with E-state index in [2.05, 4.69) is 42.0 Å². The highest BCUT2D eigenvalue weighted by atomic mass is 16.5. The van der Waals surface area contributed by atoms with Crippen LogP contribution in [0, 0.1) is 0 Å². The van der Waals surface area contributed by atoms with Crippen molar-refractivity contribution in [3.8, 4) is 16.9 Å². The molecule has 1 heterocycles. The van der Waals surface area contributed by atoms with Crippen molar-refractivity contribution in [2.45, 2.75) is 58.4 Å². The molecule has 1 aromatic heterocycles. The molecule has 154 valence electrons. The maximum atomic E-state index is 11.6. The fourth-order valence-electron chi connectivity index (χ4n) is 4.00. The van der Waals surface area contributed by atoms with Gasteiger partial charge in [-0.2, -0.15) is 0 Å². The number of amides is 1. The van der Waals surface area contributed by atoms with Gasteiger partial charge in [-0.25, -0.2) is 0 Å². The van der Waals surface area contributed by atoms with Crippen molar-refractivity contribution < 1.29 is 9.53 Å². The number of methoxy groups -OCH3 is 1. The molecule has 0 saturated carbocycles. The van der Waals surface area contributed by atoms with Crippen molar-refractivity contribution in [3.63, 3.8) is 0 Å². The monoisotopic (exact) mass is 392 g/mol. The summed E-state index contributed by atoms with van der Waals surface area (Å²) in [5.74, 6) is 0.543. The number of para-hydroxylation sites is 1. The number of ether oxygens (including phenoxy) is 1. The molecule has 0 aliphatic carbocycles. The molecule has 0 aliphatic rings. The number of unbranched alkanes of at least 4 members (excludes halogenated alkanes) is 5. The minimum atomic E-state index is -0.300. The quantitative estimate of drug-likeness (QED) is 0.425. The number of aryl methyl sites for hydroxylation is 1. The summed E-state index contributed by atoms with van der Waals surface area (Å²) in [5, 5.41) is 1.10. The second-order valence-corrected chi connectivity index (χ2v) is 7.69. The van der Waals surface area contributed by atoms with Crippen LogP contribution in [0.2, 0.25) is 0 Å². The predicted octanol–water partition coefficient (Wildman–Crippen LogP) is 5.71. The molecule has 2 N–H and O–H groups in total. The lowest BCUT2D eigenvalue weighted by Crippen LogP contribution is -2.13. The van der Waals surface area contributed by atoms with E-state index < -0.39 is 0 Å². The van der Waals surface area contributed by atoms with E-state index in [1.165, 1.54) is 32.1 Å². The normalized spacial score (nSPS) is 11.1. The number of fused-ring (bicyclic) bond motifs is 1. The highest BCUT2D eigenvalue weighted by molar-refractivity contribution is 5.92. The summed E-state index contributed by atoms with van der Waals surface area (Å²) in [5.41, 5.74) is 9.80. The predicted molar refractivity (Wildman–Crippen MR) is 120 cm³/mol. The van der Waals surface area contributed by atoms with Crippen LogP contribution in [0.25, 0.3) is 22.0 Å². The highest BCUT2D eigenvalue weighted by Crippen LogP contribution is 2.33. The van der Waals surface area contributed by atoms with Gasteiger partial charge in [0.1, 0.15) is 5.75 Å². The van der Waals surface area contributed by atoms with Crippen LogP contribution in [0.1, 0.15) is 51.0 Å². The molecule has 1 amide bonds. The largest absolute Gasteiger partial charge is 0.496 e. The van der Waals surface area contributed by atoms with Gasteiger partial charge < -0.3 is 15.0 Å². The molecule has 0 aliphatic heterocycles. The van der Waals surface area contributed by atoms with Crippen LogP contribution < -0.4 is 10.5 Å². The smallest absolute Gasteiger partial charge is 0.221 e. The van der Waals surface area contributed by atoms with Crippen LogP contribution in [-0.4, -0.2) is 17.6 Å². The molecule has 4 heteroatoms. The fourth-order valence-corrected chi connectivity index (χ4v) is 4.00. The Kier molecular flexibility index (Phi) is 7.34. The van der Waals surface area contributed by atoms with E-state index in [1.807, 2.05) is 18.2 Å². The number of benzene rings is 2. The van der Waals surface area contributed by atoms with Gasteiger partial charge in [0.25, 0.3) is 0 Å². The van der Waals surface area contributed by atoms with E-state index in [-0.39, 0.29) is 12.3 Å². The summed E-state index contributed by atoms with van der Waals surface area (Å²) in [6.07, 6.45) is 9.95. The Morgan fingerprint density at radius 1 is 1.03 bits per heavy atom. The van der Waals surface area contributed by atoms with Gasteiger partial charge in [0.05, 0.1) is 13.5 Å². The molecule has 0 bridgehead atoms. The average molecular weight is 393 g/mol. The van der Waals surface area contributed by atoms with Gasteiger partial charge >= 0.3 is 0 Å². The van der Waals surface area contributed by atoms with Crippen LogP contribution >= 0.6 is 0 Å². The summed E-state index contributed by atoms with van der Waals surface area (Å²) in [6, 6.07) is 14.4. The molecule has 3 rings (SSSR count). The Morgan fingerprint density at radius 2 is 1.79 bits per heavy atom. The fraction of sp³-hybridized carbons (Fsp3) is 0.400. The second-order valence-electron chi connectivity index (χ2n) is 7.69. The van der Waals surface area contributed by atoms with Crippen molar-refractivity contribution in [1.29, 1.82) is 0 Å². The molecule has 3 aromatic rings. The standard InChI is InChI=1S/C25H32N2O2/c1-3-4-5-6-7-10-15-27-18-20(17-25(26)28)22-16-19(13-14-23(22)27)21-11-8-9-12-24(21)29-2/h8-9,11-14,16,18H,3-7,10,15,17H2,1-2H3,(H2,26,28). The third-order valence-corrected chi connectivity index (χ3v) is 5.50. The van der Waals surface area contributed by atoms with Gasteiger partial charge in [-0.05, 0) is 35.7 Å². The number of nitrogens with two attached hydrogens (primary N) is 1. The number of nitrogens with zero attached hydrogens (tertiary/aromatic N) is 1. The van der Waals surface area contributed by atoms with Crippen molar-refractivity contribution >= 4 is 16.8 Å². The molecule has 4 nitrogen and oxygen atoms in total. The summed E-state index contributed by atoms with van der Waals surface area (Å²) < 4.78 is 7.80. The summed E-state index contributed by atoms with van der Waals surface area (Å²) >= 11 is 0. The highest BCUT2D eigenvalue weighted by Gasteiger charge is 2.13. The minimum Gasteiger partial charge on any atom is -0.496 e. The second kappa shape index (κ2) is 10.1. The SMILES string of the molecule is CCCCCCCCn1cc(CC(N)=O)c2cc(-c3ccccc3OC)ccc21. The number of carbonyl (C=O) groups is 1. The molecule has 0 atom stereocenters. The maximum absolute atomic E-state index is 11.6. The molecular weight excluding hydrogens is 360 g/mol. The van der Waals surface area contributed by atoms with E-state index in [0.29, 0.717) is 0 Å². The van der Waals surface area contributed by atoms with E-state index in [0.717, 1.165) is 46.3 Å². The maximum Gasteiger partial charge on any atom is 0.221 e. The topological polar surface area (TPSA) is 57.2 Å². The third kappa shape index (κ3) is 5.20. The first kappa shape index (κ1) is 21.0.